The van der Waals surface area contributed by atoms with Gasteiger partial charge in [-0.3, -0.25) is 0 Å². The molecule has 0 bridgehead atoms. The van der Waals surface area contributed by atoms with E-state index in [1.165, 1.54) is 0 Å². The van der Waals surface area contributed by atoms with Gasteiger partial charge in [-0.1, -0.05) is 12.0 Å². The SMILES string of the molecule is C#CC1=C(OC)CCN=C1Oc1ccc(-c2c(C)cnnc2C)c(C)c1. The molecular weight excluding hydrogens is 326 g/mol. The number of benzene rings is 1. The average Bonchev–Trinajstić information content (AvgIpc) is 2.63. The smallest absolute Gasteiger partial charge is 0.233 e. The van der Waals surface area contributed by atoms with Crippen molar-refractivity contribution in [1.29, 1.82) is 0 Å². The van der Waals surface area contributed by atoms with Crippen LogP contribution in [0.15, 0.2) is 40.7 Å². The largest absolute Gasteiger partial charge is 0.500 e. The third kappa shape index (κ3) is 3.31. The molecule has 5 nitrogen and oxygen atoms in total. The van der Waals surface area contributed by atoms with Crippen molar-refractivity contribution in [3.63, 3.8) is 0 Å². The maximum atomic E-state index is 5.96. The molecule has 0 aliphatic carbocycles. The molecule has 0 fully saturated rings. The molecule has 26 heavy (non-hydrogen) atoms. The summed E-state index contributed by atoms with van der Waals surface area (Å²) in [5.74, 6) is 4.48. The Bertz CT molecular complexity index is 932. The second-order valence-electron chi connectivity index (χ2n) is 6.15. The van der Waals surface area contributed by atoms with Gasteiger partial charge in [0.2, 0.25) is 5.90 Å². The molecule has 0 saturated carbocycles. The first-order valence-corrected chi connectivity index (χ1v) is 8.41. The quantitative estimate of drug-likeness (QED) is 0.793. The molecule has 1 aromatic heterocycles. The van der Waals surface area contributed by atoms with Gasteiger partial charge in [0.25, 0.3) is 0 Å². The highest BCUT2D eigenvalue weighted by atomic mass is 16.5. The lowest BCUT2D eigenvalue weighted by Crippen LogP contribution is -2.18. The number of dihydropyridines is 1. The van der Waals surface area contributed by atoms with Crippen LogP contribution in [0.5, 0.6) is 5.75 Å². The number of methoxy groups -OCH3 is 1. The van der Waals surface area contributed by atoms with Crippen molar-refractivity contribution in [2.24, 2.45) is 4.99 Å². The van der Waals surface area contributed by atoms with Gasteiger partial charge in [0.1, 0.15) is 17.1 Å². The van der Waals surface area contributed by atoms with Crippen molar-refractivity contribution >= 4 is 5.90 Å². The Hall–Kier alpha value is -3.13. The highest BCUT2D eigenvalue weighted by Crippen LogP contribution is 2.31. The van der Waals surface area contributed by atoms with Crippen molar-refractivity contribution in [2.45, 2.75) is 27.2 Å². The van der Waals surface area contributed by atoms with Crippen LogP contribution >= 0.6 is 0 Å². The van der Waals surface area contributed by atoms with Crippen LogP contribution < -0.4 is 4.74 Å². The van der Waals surface area contributed by atoms with Crippen LogP contribution in [0.3, 0.4) is 0 Å². The number of aromatic nitrogens is 2. The number of nitrogens with zero attached hydrogens (tertiary/aromatic N) is 3. The van der Waals surface area contributed by atoms with Gasteiger partial charge in [-0.25, -0.2) is 4.99 Å². The minimum absolute atomic E-state index is 0.431. The van der Waals surface area contributed by atoms with E-state index in [1.807, 2.05) is 39.0 Å². The second kappa shape index (κ2) is 7.40. The molecule has 0 unspecified atom stereocenters. The van der Waals surface area contributed by atoms with Gasteiger partial charge in [-0.15, -0.1) is 6.42 Å². The van der Waals surface area contributed by atoms with Crippen molar-refractivity contribution < 1.29 is 9.47 Å². The Morgan fingerprint density at radius 2 is 1.96 bits per heavy atom. The highest BCUT2D eigenvalue weighted by Gasteiger charge is 2.19. The van der Waals surface area contributed by atoms with Crippen LogP contribution in [0.4, 0.5) is 0 Å². The van der Waals surface area contributed by atoms with Crippen molar-refractivity contribution in [2.75, 3.05) is 13.7 Å². The van der Waals surface area contributed by atoms with Gasteiger partial charge in [-0.05, 0) is 49.6 Å². The molecule has 132 valence electrons. The maximum Gasteiger partial charge on any atom is 0.233 e. The summed E-state index contributed by atoms with van der Waals surface area (Å²) in [5.41, 5.74) is 5.86. The van der Waals surface area contributed by atoms with Crippen molar-refractivity contribution in [1.82, 2.24) is 10.2 Å². The molecule has 1 aliphatic heterocycles. The predicted molar refractivity (Wildman–Crippen MR) is 102 cm³/mol. The topological polar surface area (TPSA) is 56.6 Å². The number of hydrogen-bond donors (Lipinski definition) is 0. The number of rotatable bonds is 3. The lowest BCUT2D eigenvalue weighted by Gasteiger charge is -2.18. The number of ether oxygens (including phenoxy) is 2. The Morgan fingerprint density at radius 3 is 2.62 bits per heavy atom. The summed E-state index contributed by atoms with van der Waals surface area (Å²) in [6.45, 7) is 6.64. The zero-order valence-corrected chi connectivity index (χ0v) is 15.5. The summed E-state index contributed by atoms with van der Waals surface area (Å²) < 4.78 is 11.3. The number of terminal acetylenes is 1. The molecule has 0 radical (unpaired) electrons. The van der Waals surface area contributed by atoms with E-state index >= 15 is 0 Å². The Labute approximate surface area is 153 Å². The summed E-state index contributed by atoms with van der Waals surface area (Å²) in [5, 5.41) is 8.17. The minimum atomic E-state index is 0.431. The second-order valence-corrected chi connectivity index (χ2v) is 6.15. The number of aliphatic imine (C=N–C) groups is 1. The van der Waals surface area contributed by atoms with E-state index < -0.39 is 0 Å². The Kier molecular flexibility index (Phi) is 5.04. The van der Waals surface area contributed by atoms with E-state index in [2.05, 4.69) is 21.1 Å². The summed E-state index contributed by atoms with van der Waals surface area (Å²) in [7, 11) is 1.61. The van der Waals surface area contributed by atoms with E-state index in [9.17, 15) is 0 Å². The molecule has 0 saturated heterocycles. The number of aryl methyl sites for hydroxylation is 3. The van der Waals surface area contributed by atoms with Crippen LogP contribution in [0.2, 0.25) is 0 Å². The van der Waals surface area contributed by atoms with Crippen LogP contribution in [0.1, 0.15) is 23.2 Å². The molecule has 0 N–H and O–H groups in total. The van der Waals surface area contributed by atoms with E-state index in [0.717, 1.165) is 33.7 Å². The normalized spacial score (nSPS) is 13.9. The van der Waals surface area contributed by atoms with E-state index in [4.69, 9.17) is 15.9 Å². The lowest BCUT2D eigenvalue weighted by molar-refractivity contribution is 0.274. The molecular formula is C21H21N3O2. The monoisotopic (exact) mass is 347 g/mol. The van der Waals surface area contributed by atoms with E-state index in [-0.39, 0.29) is 0 Å². The van der Waals surface area contributed by atoms with Gasteiger partial charge in [0.05, 0.1) is 19.0 Å². The summed E-state index contributed by atoms with van der Waals surface area (Å²) in [6, 6.07) is 5.92. The fourth-order valence-electron chi connectivity index (χ4n) is 3.11. The van der Waals surface area contributed by atoms with Gasteiger partial charge >= 0.3 is 0 Å². The first-order chi connectivity index (χ1) is 12.5. The zero-order chi connectivity index (χ0) is 18.7. The predicted octanol–water partition coefficient (Wildman–Crippen LogP) is 3.78. The molecule has 2 aromatic rings. The van der Waals surface area contributed by atoms with Crippen molar-refractivity contribution in [3.05, 3.63) is 52.5 Å². The third-order valence-electron chi connectivity index (χ3n) is 4.37. The summed E-state index contributed by atoms with van der Waals surface area (Å²) in [4.78, 5) is 4.41. The molecule has 3 rings (SSSR count). The van der Waals surface area contributed by atoms with Gasteiger partial charge < -0.3 is 9.47 Å². The Morgan fingerprint density at radius 1 is 1.15 bits per heavy atom. The Balaban J connectivity index is 1.93. The van der Waals surface area contributed by atoms with Crippen LogP contribution in [0.25, 0.3) is 11.1 Å². The standard InChI is InChI=1S/C21H21N3O2/c1-6-17-19(25-5)9-10-22-21(17)26-16-7-8-18(13(2)11-16)20-14(3)12-23-24-15(20)4/h1,7-8,11-12H,9-10H2,2-5H3. The molecule has 0 amide bonds. The molecule has 0 spiro atoms. The van der Waals surface area contributed by atoms with E-state index in [1.54, 1.807) is 13.3 Å². The molecule has 1 aliphatic rings. The number of hydrogen-bond acceptors (Lipinski definition) is 5. The van der Waals surface area contributed by atoms with Crippen LogP contribution in [0, 0.1) is 33.1 Å². The van der Waals surface area contributed by atoms with Gasteiger partial charge in [0, 0.05) is 18.5 Å². The average molecular weight is 347 g/mol. The fraction of sp³-hybridized carbons (Fsp3) is 0.286. The molecule has 2 heterocycles. The fourth-order valence-corrected chi connectivity index (χ4v) is 3.11. The van der Waals surface area contributed by atoms with Gasteiger partial charge in [-0.2, -0.15) is 10.2 Å². The first-order valence-electron chi connectivity index (χ1n) is 8.41. The maximum absolute atomic E-state index is 5.96. The summed E-state index contributed by atoms with van der Waals surface area (Å²) in [6.07, 6.45) is 8.08. The molecule has 1 aromatic carbocycles. The van der Waals surface area contributed by atoms with Crippen LogP contribution in [-0.4, -0.2) is 29.7 Å². The van der Waals surface area contributed by atoms with Gasteiger partial charge in [0.15, 0.2) is 0 Å². The molecule has 5 heteroatoms. The van der Waals surface area contributed by atoms with E-state index in [0.29, 0.717) is 30.2 Å². The van der Waals surface area contributed by atoms with Crippen LogP contribution in [-0.2, 0) is 4.74 Å². The lowest BCUT2D eigenvalue weighted by atomic mass is 9.96. The first kappa shape index (κ1) is 17.7. The highest BCUT2D eigenvalue weighted by molar-refractivity contribution is 6.00. The van der Waals surface area contributed by atoms with Crippen molar-refractivity contribution in [3.8, 4) is 29.2 Å². The minimum Gasteiger partial charge on any atom is -0.500 e. The third-order valence-corrected chi connectivity index (χ3v) is 4.37. The molecule has 0 atom stereocenters. The zero-order valence-electron chi connectivity index (χ0n) is 15.5. The summed E-state index contributed by atoms with van der Waals surface area (Å²) >= 11 is 0.